The first-order chi connectivity index (χ1) is 16.2. The van der Waals surface area contributed by atoms with E-state index in [0.29, 0.717) is 18.7 Å². The molecule has 0 saturated carbocycles. The van der Waals surface area contributed by atoms with Crippen LogP contribution in [0, 0.1) is 0 Å². The average Bonchev–Trinajstić information content (AvgIpc) is 3.26. The molecule has 7 heteroatoms. The Hall–Kier alpha value is -3.19. The largest absolute Gasteiger partial charge is 0.459 e. The Kier molecular flexibility index (Phi) is 8.45. The SMILES string of the molecule is C[C@@H](C(=O)CN1CCC[C@H]1C(=O)OC(C)(C)C)N(C(=O)OCc1ccccc1)c1ccccc1. The summed E-state index contributed by atoms with van der Waals surface area (Å²) in [4.78, 5) is 42.3. The molecule has 2 aromatic carbocycles. The summed E-state index contributed by atoms with van der Waals surface area (Å²) >= 11 is 0. The van der Waals surface area contributed by atoms with Gasteiger partial charge in [0.1, 0.15) is 18.2 Å². The summed E-state index contributed by atoms with van der Waals surface area (Å²) in [5.74, 6) is -0.483. The Morgan fingerprint density at radius 1 is 1.03 bits per heavy atom. The number of carbonyl (C=O) groups is 3. The van der Waals surface area contributed by atoms with Gasteiger partial charge in [-0.05, 0) is 64.8 Å². The number of hydrogen-bond donors (Lipinski definition) is 0. The molecule has 0 radical (unpaired) electrons. The average molecular weight is 467 g/mol. The molecule has 2 aromatic rings. The number of ketones is 1. The van der Waals surface area contributed by atoms with Crippen LogP contribution in [0.25, 0.3) is 0 Å². The van der Waals surface area contributed by atoms with Crippen molar-refractivity contribution in [1.29, 1.82) is 0 Å². The summed E-state index contributed by atoms with van der Waals surface area (Å²) < 4.78 is 11.1. The molecule has 0 aromatic heterocycles. The van der Waals surface area contributed by atoms with Crippen molar-refractivity contribution in [3.05, 3.63) is 66.2 Å². The lowest BCUT2D eigenvalue weighted by atomic mass is 10.1. The van der Waals surface area contributed by atoms with E-state index in [-0.39, 0.29) is 24.9 Å². The number of Topliss-reactive ketones (excluding diaryl/α,β-unsaturated/α-hetero) is 1. The molecule has 34 heavy (non-hydrogen) atoms. The first kappa shape index (κ1) is 25.4. The van der Waals surface area contributed by atoms with Gasteiger partial charge < -0.3 is 9.47 Å². The topological polar surface area (TPSA) is 76.2 Å². The number of nitrogens with zero attached hydrogens (tertiary/aromatic N) is 2. The van der Waals surface area contributed by atoms with Crippen molar-refractivity contribution >= 4 is 23.5 Å². The van der Waals surface area contributed by atoms with Gasteiger partial charge in [0.15, 0.2) is 5.78 Å². The maximum Gasteiger partial charge on any atom is 0.415 e. The fourth-order valence-corrected chi connectivity index (χ4v) is 3.99. The van der Waals surface area contributed by atoms with Crippen molar-refractivity contribution in [1.82, 2.24) is 4.90 Å². The molecule has 7 nitrogen and oxygen atoms in total. The minimum absolute atomic E-state index is 0.0559. The fraction of sp³-hybridized carbons (Fsp3) is 0.444. The summed E-state index contributed by atoms with van der Waals surface area (Å²) in [6.07, 6.45) is 0.867. The van der Waals surface area contributed by atoms with Crippen molar-refractivity contribution in [3.8, 4) is 0 Å². The third kappa shape index (κ3) is 6.90. The van der Waals surface area contributed by atoms with E-state index in [2.05, 4.69) is 0 Å². The number of para-hydroxylation sites is 1. The molecule has 0 spiro atoms. The van der Waals surface area contributed by atoms with Gasteiger partial charge in [-0.25, -0.2) is 4.79 Å². The molecule has 0 bridgehead atoms. The minimum Gasteiger partial charge on any atom is -0.459 e. The number of hydrogen-bond acceptors (Lipinski definition) is 6. The van der Waals surface area contributed by atoms with E-state index >= 15 is 0 Å². The van der Waals surface area contributed by atoms with Crippen molar-refractivity contribution < 1.29 is 23.9 Å². The Labute approximate surface area is 201 Å². The highest BCUT2D eigenvalue weighted by Crippen LogP contribution is 2.23. The first-order valence-electron chi connectivity index (χ1n) is 11.7. The van der Waals surface area contributed by atoms with Crippen molar-refractivity contribution in [3.63, 3.8) is 0 Å². The number of likely N-dealkylation sites (tertiary alicyclic amines) is 1. The molecule has 0 unspecified atom stereocenters. The maximum absolute atomic E-state index is 13.3. The molecule has 0 aliphatic carbocycles. The number of amides is 1. The molecule has 2 atom stereocenters. The van der Waals surface area contributed by atoms with Crippen LogP contribution in [0.15, 0.2) is 60.7 Å². The summed E-state index contributed by atoms with van der Waals surface area (Å²) in [7, 11) is 0. The molecular weight excluding hydrogens is 432 g/mol. The quantitative estimate of drug-likeness (QED) is 0.530. The van der Waals surface area contributed by atoms with Gasteiger partial charge in [0.05, 0.1) is 12.6 Å². The van der Waals surface area contributed by atoms with Crippen molar-refractivity contribution in [2.75, 3.05) is 18.0 Å². The highest BCUT2D eigenvalue weighted by Gasteiger charge is 2.37. The highest BCUT2D eigenvalue weighted by molar-refractivity contribution is 5.99. The second kappa shape index (κ2) is 11.3. The van der Waals surface area contributed by atoms with E-state index in [0.717, 1.165) is 12.0 Å². The van der Waals surface area contributed by atoms with Crippen molar-refractivity contribution in [2.45, 2.75) is 64.8 Å². The molecule has 1 aliphatic rings. The second-order valence-electron chi connectivity index (χ2n) is 9.55. The van der Waals surface area contributed by atoms with Gasteiger partial charge in [-0.15, -0.1) is 0 Å². The zero-order valence-corrected chi connectivity index (χ0v) is 20.4. The van der Waals surface area contributed by atoms with Crippen LogP contribution in [0.5, 0.6) is 0 Å². The van der Waals surface area contributed by atoms with Gasteiger partial charge in [-0.1, -0.05) is 48.5 Å². The predicted octanol–water partition coefficient (Wildman–Crippen LogP) is 4.59. The summed E-state index contributed by atoms with van der Waals surface area (Å²) in [6, 6.07) is 17.2. The van der Waals surface area contributed by atoms with E-state index in [1.54, 1.807) is 19.1 Å². The number of anilines is 1. The van der Waals surface area contributed by atoms with Crippen LogP contribution in [0.3, 0.4) is 0 Å². The van der Waals surface area contributed by atoms with Gasteiger partial charge in [-0.2, -0.15) is 0 Å². The number of esters is 1. The van der Waals surface area contributed by atoms with Crippen molar-refractivity contribution in [2.24, 2.45) is 0 Å². The van der Waals surface area contributed by atoms with Crippen LogP contribution in [0.1, 0.15) is 46.1 Å². The Morgan fingerprint density at radius 2 is 1.65 bits per heavy atom. The van der Waals surface area contributed by atoms with E-state index in [4.69, 9.17) is 9.47 Å². The van der Waals surface area contributed by atoms with Gasteiger partial charge in [0.25, 0.3) is 0 Å². The molecule has 0 N–H and O–H groups in total. The zero-order valence-electron chi connectivity index (χ0n) is 20.4. The minimum atomic E-state index is -0.773. The molecule has 1 heterocycles. The lowest BCUT2D eigenvalue weighted by Gasteiger charge is -2.31. The Balaban J connectivity index is 1.71. The normalized spacial score (nSPS) is 17.1. The number of rotatable bonds is 8. The van der Waals surface area contributed by atoms with E-state index < -0.39 is 23.8 Å². The summed E-state index contributed by atoms with van der Waals surface area (Å²) in [5, 5.41) is 0. The van der Waals surface area contributed by atoms with Crippen LogP contribution in [0.2, 0.25) is 0 Å². The van der Waals surface area contributed by atoms with Crippen LogP contribution in [-0.4, -0.2) is 53.5 Å². The second-order valence-corrected chi connectivity index (χ2v) is 9.55. The molecule has 1 aliphatic heterocycles. The van der Waals surface area contributed by atoms with Gasteiger partial charge in [-0.3, -0.25) is 19.4 Å². The zero-order chi connectivity index (χ0) is 24.7. The van der Waals surface area contributed by atoms with Gasteiger partial charge in [0, 0.05) is 5.69 Å². The third-order valence-electron chi connectivity index (χ3n) is 5.69. The summed E-state index contributed by atoms with van der Waals surface area (Å²) in [5.41, 5.74) is 0.849. The Morgan fingerprint density at radius 3 is 2.26 bits per heavy atom. The number of ether oxygens (including phenoxy) is 2. The Bertz CT molecular complexity index is 972. The molecule has 1 fully saturated rings. The smallest absolute Gasteiger partial charge is 0.415 e. The highest BCUT2D eigenvalue weighted by atomic mass is 16.6. The van der Waals surface area contributed by atoms with Crippen LogP contribution in [-0.2, 0) is 25.7 Å². The van der Waals surface area contributed by atoms with E-state index in [1.165, 1.54) is 4.90 Å². The number of benzene rings is 2. The van der Waals surface area contributed by atoms with Crippen LogP contribution in [0.4, 0.5) is 10.5 Å². The molecule has 3 rings (SSSR count). The van der Waals surface area contributed by atoms with E-state index in [9.17, 15) is 14.4 Å². The van der Waals surface area contributed by atoms with E-state index in [1.807, 2.05) is 74.2 Å². The number of carbonyl (C=O) groups excluding carboxylic acids is 3. The molecular formula is C27H34N2O5. The van der Waals surface area contributed by atoms with Gasteiger partial charge in [0.2, 0.25) is 0 Å². The first-order valence-corrected chi connectivity index (χ1v) is 11.7. The lowest BCUT2D eigenvalue weighted by Crippen LogP contribution is -2.49. The van der Waals surface area contributed by atoms with Gasteiger partial charge >= 0.3 is 12.1 Å². The monoisotopic (exact) mass is 466 g/mol. The third-order valence-corrected chi connectivity index (χ3v) is 5.69. The lowest BCUT2D eigenvalue weighted by molar-refractivity contribution is -0.160. The fourth-order valence-electron chi connectivity index (χ4n) is 3.99. The standard InChI is InChI=1S/C27H34N2O5/c1-20(24(30)18-28-17-11-16-23(28)25(31)34-27(2,3)4)29(22-14-9-6-10-15-22)26(32)33-19-21-12-7-5-8-13-21/h5-10,12-15,20,23H,11,16-19H2,1-4H3/t20-,23-/m0/s1. The predicted molar refractivity (Wildman–Crippen MR) is 130 cm³/mol. The maximum atomic E-state index is 13.3. The summed E-state index contributed by atoms with van der Waals surface area (Å²) in [6.45, 7) is 7.98. The molecule has 182 valence electrons. The molecule has 1 saturated heterocycles. The molecule has 1 amide bonds. The van der Waals surface area contributed by atoms with Crippen LogP contribution < -0.4 is 4.90 Å². The van der Waals surface area contributed by atoms with Crippen LogP contribution >= 0.6 is 0 Å².